The lowest BCUT2D eigenvalue weighted by molar-refractivity contribution is 0.118. The summed E-state index contributed by atoms with van der Waals surface area (Å²) in [5.74, 6) is 1.86. The number of hydrogen-bond donors (Lipinski definition) is 0. The van der Waals surface area contributed by atoms with E-state index in [0.29, 0.717) is 18.1 Å². The Morgan fingerprint density at radius 2 is 1.57 bits per heavy atom. The topological polar surface area (TPSA) is 41.5 Å². The van der Waals surface area contributed by atoms with Crippen LogP contribution in [0.5, 0.6) is 11.5 Å². The van der Waals surface area contributed by atoms with Gasteiger partial charge < -0.3 is 9.64 Å². The fourth-order valence-electron chi connectivity index (χ4n) is 6.29. The van der Waals surface area contributed by atoms with Crippen LogP contribution in [0.4, 0.5) is 11.4 Å². The van der Waals surface area contributed by atoms with Crippen molar-refractivity contribution in [2.24, 2.45) is 0 Å². The van der Waals surface area contributed by atoms with Crippen LogP contribution >= 0.6 is 0 Å². The molecule has 5 nitrogen and oxygen atoms in total. The molecule has 3 aliphatic rings. The summed E-state index contributed by atoms with van der Waals surface area (Å²) in [5.41, 5.74) is 5.75. The Morgan fingerprint density at radius 1 is 0.743 bits per heavy atom. The van der Waals surface area contributed by atoms with Crippen LogP contribution < -0.4 is 9.64 Å². The van der Waals surface area contributed by atoms with E-state index < -0.39 is 0 Å². The highest BCUT2D eigenvalue weighted by Gasteiger charge is 2.44. The molecule has 2 aromatic carbocycles. The number of piperidine rings is 1. The van der Waals surface area contributed by atoms with E-state index in [1.165, 1.54) is 29.9 Å². The van der Waals surface area contributed by atoms with Gasteiger partial charge in [-0.25, -0.2) is 0 Å². The quantitative estimate of drug-likeness (QED) is 0.344. The molecule has 0 N–H and O–H groups in total. The number of pyridine rings is 2. The highest BCUT2D eigenvalue weighted by molar-refractivity contribution is 5.81. The highest BCUT2D eigenvalue weighted by Crippen LogP contribution is 2.51. The third-order valence-electron chi connectivity index (χ3n) is 7.85. The monoisotopic (exact) mass is 460 g/mol. The maximum absolute atomic E-state index is 6.45. The van der Waals surface area contributed by atoms with Crippen molar-refractivity contribution in [3.8, 4) is 22.6 Å². The lowest BCUT2D eigenvalue weighted by Gasteiger charge is -2.46. The zero-order chi connectivity index (χ0) is 23.2. The molecule has 3 atom stereocenters. The van der Waals surface area contributed by atoms with E-state index in [1.807, 2.05) is 30.7 Å². The third kappa shape index (κ3) is 3.67. The fraction of sp³-hybridized carbons (Fsp3) is 0.267. The van der Waals surface area contributed by atoms with E-state index in [0.717, 1.165) is 42.0 Å². The molecule has 0 spiro atoms. The first-order chi connectivity index (χ1) is 17.3. The average Bonchev–Trinajstić information content (AvgIpc) is 3.14. The average molecular weight is 461 g/mol. The van der Waals surface area contributed by atoms with Crippen LogP contribution in [-0.4, -0.2) is 33.0 Å². The molecule has 0 unspecified atom stereocenters. The van der Waals surface area contributed by atoms with Gasteiger partial charge in [0.15, 0.2) is 11.5 Å². The number of rotatable bonds is 4. The first kappa shape index (κ1) is 20.7. The van der Waals surface area contributed by atoms with E-state index in [4.69, 9.17) is 4.74 Å². The lowest BCUT2D eigenvalue weighted by Crippen LogP contribution is -2.49. The second-order valence-corrected chi connectivity index (χ2v) is 9.87. The van der Waals surface area contributed by atoms with Crippen molar-refractivity contribution in [3.05, 3.63) is 97.1 Å². The van der Waals surface area contributed by atoms with Crippen LogP contribution in [0.1, 0.15) is 31.4 Å². The molecule has 174 valence electrons. The number of para-hydroxylation sites is 2. The molecule has 4 aromatic rings. The van der Waals surface area contributed by atoms with Gasteiger partial charge >= 0.3 is 0 Å². The molecule has 7 rings (SSSR count). The van der Waals surface area contributed by atoms with Gasteiger partial charge in [-0.1, -0.05) is 30.3 Å². The van der Waals surface area contributed by atoms with Crippen LogP contribution in [-0.2, 0) is 6.54 Å². The van der Waals surface area contributed by atoms with Gasteiger partial charge in [0, 0.05) is 48.8 Å². The maximum Gasteiger partial charge on any atom is 0.151 e. The molecule has 0 radical (unpaired) electrons. The van der Waals surface area contributed by atoms with E-state index in [-0.39, 0.29) is 0 Å². The molecule has 3 aliphatic heterocycles. The van der Waals surface area contributed by atoms with Crippen molar-refractivity contribution >= 4 is 11.4 Å². The van der Waals surface area contributed by atoms with Crippen molar-refractivity contribution in [1.29, 1.82) is 0 Å². The van der Waals surface area contributed by atoms with Gasteiger partial charge in [0.1, 0.15) is 0 Å². The van der Waals surface area contributed by atoms with Crippen LogP contribution in [0.3, 0.4) is 0 Å². The predicted octanol–water partition coefficient (Wildman–Crippen LogP) is 6.58. The van der Waals surface area contributed by atoms with Crippen LogP contribution in [0, 0.1) is 0 Å². The Morgan fingerprint density at radius 3 is 2.37 bits per heavy atom. The number of ether oxygens (including phenoxy) is 1. The first-order valence-electron chi connectivity index (χ1n) is 12.6. The number of benzene rings is 2. The summed E-state index contributed by atoms with van der Waals surface area (Å²) in [4.78, 5) is 14.2. The van der Waals surface area contributed by atoms with E-state index >= 15 is 0 Å². The van der Waals surface area contributed by atoms with Crippen molar-refractivity contribution in [3.63, 3.8) is 0 Å². The summed E-state index contributed by atoms with van der Waals surface area (Å²) in [5, 5.41) is 0. The third-order valence-corrected chi connectivity index (χ3v) is 7.85. The van der Waals surface area contributed by atoms with Crippen LogP contribution in [0.2, 0.25) is 0 Å². The Labute approximate surface area is 206 Å². The molecular formula is C30H28N4O. The van der Waals surface area contributed by atoms with Crippen molar-refractivity contribution < 1.29 is 4.74 Å². The number of nitrogens with zero attached hydrogens (tertiary/aromatic N) is 4. The minimum Gasteiger partial charge on any atom is -0.453 e. The minimum absolute atomic E-state index is 0.445. The fourth-order valence-corrected chi connectivity index (χ4v) is 6.29. The number of aromatic nitrogens is 2. The van der Waals surface area contributed by atoms with Gasteiger partial charge in [0.2, 0.25) is 0 Å². The zero-order valence-electron chi connectivity index (χ0n) is 19.6. The molecule has 5 heteroatoms. The van der Waals surface area contributed by atoms with Gasteiger partial charge in [-0.15, -0.1) is 0 Å². The first-order valence-corrected chi connectivity index (χ1v) is 12.6. The van der Waals surface area contributed by atoms with E-state index in [1.54, 1.807) is 0 Å². The van der Waals surface area contributed by atoms with Gasteiger partial charge in [-0.05, 0) is 73.7 Å². The summed E-state index contributed by atoms with van der Waals surface area (Å²) < 4.78 is 6.45. The normalized spacial score (nSPS) is 22.9. The highest BCUT2D eigenvalue weighted by atomic mass is 16.5. The Hall–Kier alpha value is -3.70. The maximum atomic E-state index is 6.45. The second-order valence-electron chi connectivity index (χ2n) is 9.87. The van der Waals surface area contributed by atoms with E-state index in [9.17, 15) is 0 Å². The Bertz CT molecular complexity index is 1330. The molecule has 0 amide bonds. The Kier molecular flexibility index (Phi) is 5.02. The summed E-state index contributed by atoms with van der Waals surface area (Å²) in [6, 6.07) is 27.0. The molecule has 2 bridgehead atoms. The minimum atomic E-state index is 0.445. The smallest absolute Gasteiger partial charge is 0.151 e. The van der Waals surface area contributed by atoms with Crippen LogP contribution in [0.25, 0.3) is 11.1 Å². The molecule has 0 saturated carbocycles. The largest absolute Gasteiger partial charge is 0.453 e. The molecule has 2 fully saturated rings. The predicted molar refractivity (Wildman–Crippen MR) is 138 cm³/mol. The number of hydrogen-bond acceptors (Lipinski definition) is 5. The van der Waals surface area contributed by atoms with Crippen molar-refractivity contribution in [2.45, 2.75) is 50.4 Å². The molecule has 5 heterocycles. The molecular weight excluding hydrogens is 432 g/mol. The van der Waals surface area contributed by atoms with Gasteiger partial charge in [0.25, 0.3) is 0 Å². The van der Waals surface area contributed by atoms with Crippen molar-refractivity contribution in [2.75, 3.05) is 4.90 Å². The second kappa shape index (κ2) is 8.51. The van der Waals surface area contributed by atoms with E-state index in [2.05, 4.69) is 80.4 Å². The lowest BCUT2D eigenvalue weighted by atomic mass is 9.93. The van der Waals surface area contributed by atoms with Gasteiger partial charge in [-0.2, -0.15) is 0 Å². The summed E-state index contributed by atoms with van der Waals surface area (Å²) >= 11 is 0. The standard InChI is InChI=1S/C30H28N4O/c1-2-9-29-27(8-1)34(28-13-10-21(16-30(28)35-29)22-6-5-14-31-19-22)26-17-24-11-12-25(18-26)33(24)20-23-7-3-4-15-32-23/h1-10,13-16,19,24-26H,11-12,17-18,20H2/t24-,25+,26+. The number of anilines is 2. The Balaban J connectivity index is 1.22. The van der Waals surface area contributed by atoms with Gasteiger partial charge in [-0.3, -0.25) is 14.9 Å². The molecule has 2 aromatic heterocycles. The summed E-state index contributed by atoms with van der Waals surface area (Å²) in [7, 11) is 0. The summed E-state index contributed by atoms with van der Waals surface area (Å²) in [6.45, 7) is 0.952. The summed E-state index contributed by atoms with van der Waals surface area (Å²) in [6.07, 6.45) is 10.5. The zero-order valence-corrected chi connectivity index (χ0v) is 19.6. The number of fused-ring (bicyclic) bond motifs is 4. The van der Waals surface area contributed by atoms with Crippen LogP contribution in [0.15, 0.2) is 91.4 Å². The SMILES string of the molecule is c1ccc(CN2[C@@H]3CC[C@H]2C[C@@H](N2c4ccccc4Oc4cc(-c5cccnc5)ccc42)C3)nc1. The van der Waals surface area contributed by atoms with Gasteiger partial charge in [0.05, 0.1) is 17.1 Å². The molecule has 2 saturated heterocycles. The molecule has 35 heavy (non-hydrogen) atoms. The molecule has 0 aliphatic carbocycles. The van der Waals surface area contributed by atoms with Crippen molar-refractivity contribution in [1.82, 2.24) is 14.9 Å².